The van der Waals surface area contributed by atoms with Crippen molar-refractivity contribution in [3.8, 4) is 11.1 Å². The number of nitrogens with zero attached hydrogens (tertiary/aromatic N) is 3. The Balaban J connectivity index is 1.42. The van der Waals surface area contributed by atoms with E-state index in [-0.39, 0.29) is 12.3 Å². The minimum absolute atomic E-state index is 0.0584. The van der Waals surface area contributed by atoms with Crippen LogP contribution in [0.25, 0.3) is 11.1 Å². The summed E-state index contributed by atoms with van der Waals surface area (Å²) in [6, 6.07) is 16.4. The SMILES string of the molecule is Cc1cc(NC(=O)Cc2ccc(-c3ccccc3)cn2)n(C2CCCCC2)n1. The molecule has 0 bridgehead atoms. The molecule has 0 atom stereocenters. The van der Waals surface area contributed by atoms with Gasteiger partial charge in [0.1, 0.15) is 5.82 Å². The fourth-order valence-corrected chi connectivity index (χ4v) is 3.90. The fraction of sp³-hybridized carbons (Fsp3) is 0.348. The number of rotatable bonds is 5. The van der Waals surface area contributed by atoms with Crippen molar-refractivity contribution in [1.82, 2.24) is 14.8 Å². The van der Waals surface area contributed by atoms with E-state index in [1.165, 1.54) is 19.3 Å². The summed E-state index contributed by atoms with van der Waals surface area (Å²) in [4.78, 5) is 17.1. The summed E-state index contributed by atoms with van der Waals surface area (Å²) < 4.78 is 2.01. The van der Waals surface area contributed by atoms with Crippen LogP contribution in [0.3, 0.4) is 0 Å². The predicted molar refractivity (Wildman–Crippen MR) is 111 cm³/mol. The van der Waals surface area contributed by atoms with Gasteiger partial charge in [0.15, 0.2) is 0 Å². The van der Waals surface area contributed by atoms with Crippen molar-refractivity contribution in [3.05, 3.63) is 66.1 Å². The molecule has 5 nitrogen and oxygen atoms in total. The van der Waals surface area contributed by atoms with Crippen LogP contribution in [0.15, 0.2) is 54.7 Å². The molecule has 0 radical (unpaired) electrons. The highest BCUT2D eigenvalue weighted by molar-refractivity contribution is 5.91. The van der Waals surface area contributed by atoms with Crippen LogP contribution in [0.4, 0.5) is 5.82 Å². The standard InChI is InChI=1S/C23H26N4O/c1-17-14-22(27(26-17)21-10-6-3-7-11-21)25-23(28)15-20-13-12-19(16-24-20)18-8-4-2-5-9-18/h2,4-5,8-9,12-14,16,21H,3,6-7,10-11,15H2,1H3,(H,25,28). The lowest BCUT2D eigenvalue weighted by atomic mass is 9.96. The second-order valence-electron chi connectivity index (χ2n) is 7.54. The Morgan fingerprint density at radius 1 is 1.07 bits per heavy atom. The second kappa shape index (κ2) is 8.38. The normalized spacial score (nSPS) is 14.8. The molecule has 1 N–H and O–H groups in total. The fourth-order valence-electron chi connectivity index (χ4n) is 3.90. The van der Waals surface area contributed by atoms with Gasteiger partial charge in [0.2, 0.25) is 5.91 Å². The maximum Gasteiger partial charge on any atom is 0.231 e. The van der Waals surface area contributed by atoms with Gasteiger partial charge in [-0.3, -0.25) is 9.78 Å². The third kappa shape index (κ3) is 4.30. The van der Waals surface area contributed by atoms with Crippen molar-refractivity contribution in [2.24, 2.45) is 0 Å². The first kappa shape index (κ1) is 18.4. The van der Waals surface area contributed by atoms with Crippen LogP contribution in [-0.4, -0.2) is 20.7 Å². The Morgan fingerprint density at radius 3 is 2.57 bits per heavy atom. The van der Waals surface area contributed by atoms with Crippen LogP contribution in [0.1, 0.15) is 49.5 Å². The summed E-state index contributed by atoms with van der Waals surface area (Å²) in [5, 5.41) is 7.67. The van der Waals surface area contributed by atoms with E-state index < -0.39 is 0 Å². The Kier molecular flexibility index (Phi) is 5.51. The number of benzene rings is 1. The van der Waals surface area contributed by atoms with Crippen LogP contribution in [0.2, 0.25) is 0 Å². The summed E-state index contributed by atoms with van der Waals surface area (Å²) in [5.41, 5.74) is 3.87. The number of aryl methyl sites for hydroxylation is 1. The Hall–Kier alpha value is -2.95. The number of amides is 1. The van der Waals surface area contributed by atoms with Gasteiger partial charge < -0.3 is 5.32 Å². The number of anilines is 1. The van der Waals surface area contributed by atoms with Crippen molar-refractivity contribution in [1.29, 1.82) is 0 Å². The van der Waals surface area contributed by atoms with Crippen LogP contribution < -0.4 is 5.32 Å². The molecule has 1 fully saturated rings. The second-order valence-corrected chi connectivity index (χ2v) is 7.54. The maximum atomic E-state index is 12.6. The maximum absolute atomic E-state index is 12.6. The van der Waals surface area contributed by atoms with E-state index in [9.17, 15) is 4.79 Å². The Labute approximate surface area is 165 Å². The number of aromatic nitrogens is 3. The number of nitrogens with one attached hydrogen (secondary N) is 1. The van der Waals surface area contributed by atoms with Gasteiger partial charge in [-0.2, -0.15) is 5.10 Å². The van der Waals surface area contributed by atoms with Crippen molar-refractivity contribution < 1.29 is 4.79 Å². The first-order valence-electron chi connectivity index (χ1n) is 10.1. The minimum atomic E-state index is -0.0584. The zero-order chi connectivity index (χ0) is 19.3. The molecule has 1 amide bonds. The summed E-state index contributed by atoms with van der Waals surface area (Å²) in [7, 11) is 0. The lowest BCUT2D eigenvalue weighted by molar-refractivity contribution is -0.115. The number of carbonyl (C=O) groups is 1. The molecular formula is C23H26N4O. The van der Waals surface area contributed by atoms with E-state index >= 15 is 0 Å². The average molecular weight is 374 g/mol. The van der Waals surface area contributed by atoms with Gasteiger partial charge in [-0.25, -0.2) is 4.68 Å². The molecule has 0 aliphatic heterocycles. The van der Waals surface area contributed by atoms with Crippen LogP contribution in [0, 0.1) is 6.92 Å². The highest BCUT2D eigenvalue weighted by atomic mass is 16.1. The molecule has 144 valence electrons. The molecule has 1 aromatic carbocycles. The molecule has 0 spiro atoms. The van der Waals surface area contributed by atoms with E-state index in [0.29, 0.717) is 6.04 Å². The molecule has 1 aliphatic carbocycles. The highest BCUT2D eigenvalue weighted by Gasteiger charge is 2.20. The van der Waals surface area contributed by atoms with Gasteiger partial charge in [0.05, 0.1) is 18.2 Å². The molecule has 5 heteroatoms. The van der Waals surface area contributed by atoms with E-state index in [0.717, 1.165) is 41.2 Å². The Bertz CT molecular complexity index is 925. The average Bonchev–Trinajstić information content (AvgIpc) is 3.10. The summed E-state index contributed by atoms with van der Waals surface area (Å²) in [6.07, 6.45) is 8.10. The molecule has 0 unspecified atom stereocenters. The van der Waals surface area contributed by atoms with E-state index in [4.69, 9.17) is 0 Å². The van der Waals surface area contributed by atoms with Crippen LogP contribution >= 0.6 is 0 Å². The van der Waals surface area contributed by atoms with Gasteiger partial charge in [-0.05, 0) is 31.4 Å². The first-order valence-corrected chi connectivity index (χ1v) is 10.1. The van der Waals surface area contributed by atoms with Gasteiger partial charge in [-0.1, -0.05) is 55.7 Å². The summed E-state index contributed by atoms with van der Waals surface area (Å²) in [6.45, 7) is 1.97. The van der Waals surface area contributed by atoms with Crippen molar-refractivity contribution in [2.45, 2.75) is 51.5 Å². The van der Waals surface area contributed by atoms with E-state index in [2.05, 4.69) is 27.5 Å². The molecular weight excluding hydrogens is 348 g/mol. The van der Waals surface area contributed by atoms with Gasteiger partial charge in [0.25, 0.3) is 0 Å². The van der Waals surface area contributed by atoms with Crippen molar-refractivity contribution in [3.63, 3.8) is 0 Å². The molecule has 28 heavy (non-hydrogen) atoms. The molecule has 2 aromatic heterocycles. The smallest absolute Gasteiger partial charge is 0.231 e. The van der Waals surface area contributed by atoms with Gasteiger partial charge in [-0.15, -0.1) is 0 Å². The van der Waals surface area contributed by atoms with E-state index in [1.807, 2.05) is 54.2 Å². The number of pyridine rings is 1. The highest BCUT2D eigenvalue weighted by Crippen LogP contribution is 2.30. The first-order chi connectivity index (χ1) is 13.7. The number of hydrogen-bond donors (Lipinski definition) is 1. The summed E-state index contributed by atoms with van der Waals surface area (Å²) >= 11 is 0. The predicted octanol–water partition coefficient (Wildman–Crippen LogP) is 4.94. The number of hydrogen-bond acceptors (Lipinski definition) is 3. The van der Waals surface area contributed by atoms with E-state index in [1.54, 1.807) is 0 Å². The van der Waals surface area contributed by atoms with Crippen LogP contribution in [-0.2, 0) is 11.2 Å². The third-order valence-corrected chi connectivity index (χ3v) is 5.32. The molecule has 1 aliphatic rings. The van der Waals surface area contributed by atoms with Crippen molar-refractivity contribution in [2.75, 3.05) is 5.32 Å². The molecule has 1 saturated carbocycles. The van der Waals surface area contributed by atoms with Crippen molar-refractivity contribution >= 4 is 11.7 Å². The zero-order valence-electron chi connectivity index (χ0n) is 16.3. The topological polar surface area (TPSA) is 59.8 Å². The summed E-state index contributed by atoms with van der Waals surface area (Å²) in [5.74, 6) is 0.743. The van der Waals surface area contributed by atoms with Gasteiger partial charge in [0, 0.05) is 23.5 Å². The van der Waals surface area contributed by atoms with Crippen LogP contribution in [0.5, 0.6) is 0 Å². The largest absolute Gasteiger partial charge is 0.311 e. The molecule has 3 aromatic rings. The monoisotopic (exact) mass is 374 g/mol. The number of carbonyl (C=O) groups excluding carboxylic acids is 1. The lowest BCUT2D eigenvalue weighted by Crippen LogP contribution is -2.21. The quantitative estimate of drug-likeness (QED) is 0.688. The molecule has 0 saturated heterocycles. The Morgan fingerprint density at radius 2 is 1.86 bits per heavy atom. The molecule has 4 rings (SSSR count). The minimum Gasteiger partial charge on any atom is -0.311 e. The third-order valence-electron chi connectivity index (χ3n) is 5.32. The zero-order valence-corrected chi connectivity index (χ0v) is 16.3. The van der Waals surface area contributed by atoms with Gasteiger partial charge >= 0.3 is 0 Å². The lowest BCUT2D eigenvalue weighted by Gasteiger charge is -2.23. The molecule has 2 heterocycles.